The second-order valence-corrected chi connectivity index (χ2v) is 3.69. The Morgan fingerprint density at radius 2 is 2.44 bits per heavy atom. The summed E-state index contributed by atoms with van der Waals surface area (Å²) in [7, 11) is 0. The fourth-order valence-electron chi connectivity index (χ4n) is 1.72. The number of rotatable bonds is 4. The molecule has 1 aromatic rings. The van der Waals surface area contributed by atoms with Crippen molar-refractivity contribution in [1.82, 2.24) is 14.5 Å². The average molecular weight is 224 g/mol. The van der Waals surface area contributed by atoms with E-state index in [1.165, 1.54) is 0 Å². The topological polar surface area (TPSA) is 73.4 Å². The molecule has 1 aliphatic rings. The molecular weight excluding hydrogens is 208 g/mol. The van der Waals surface area contributed by atoms with Gasteiger partial charge in [-0.15, -0.1) is 0 Å². The fourth-order valence-corrected chi connectivity index (χ4v) is 1.72. The van der Waals surface area contributed by atoms with Crippen molar-refractivity contribution in [1.29, 1.82) is 0 Å². The van der Waals surface area contributed by atoms with Crippen LogP contribution < -0.4 is 5.73 Å². The summed E-state index contributed by atoms with van der Waals surface area (Å²) >= 11 is 0. The molecule has 0 saturated heterocycles. The summed E-state index contributed by atoms with van der Waals surface area (Å²) in [6.45, 7) is 3.06. The van der Waals surface area contributed by atoms with Crippen molar-refractivity contribution in [3.8, 4) is 0 Å². The summed E-state index contributed by atoms with van der Waals surface area (Å²) in [4.78, 5) is 17.7. The van der Waals surface area contributed by atoms with E-state index in [1.54, 1.807) is 11.1 Å². The number of imidazole rings is 1. The molecule has 6 nitrogen and oxygen atoms in total. The minimum atomic E-state index is 0.00250. The summed E-state index contributed by atoms with van der Waals surface area (Å²) in [5.74, 6) is 0.932. The third-order valence-corrected chi connectivity index (χ3v) is 2.59. The van der Waals surface area contributed by atoms with E-state index in [4.69, 9.17) is 10.5 Å². The van der Waals surface area contributed by atoms with Gasteiger partial charge in [0.15, 0.2) is 0 Å². The van der Waals surface area contributed by atoms with Gasteiger partial charge >= 0.3 is 0 Å². The van der Waals surface area contributed by atoms with Crippen molar-refractivity contribution in [2.45, 2.75) is 13.1 Å². The molecule has 2 rings (SSSR count). The number of carbonyl (C=O) groups is 1. The van der Waals surface area contributed by atoms with Gasteiger partial charge in [-0.1, -0.05) is 0 Å². The molecule has 16 heavy (non-hydrogen) atoms. The van der Waals surface area contributed by atoms with Crippen LogP contribution >= 0.6 is 0 Å². The van der Waals surface area contributed by atoms with E-state index in [-0.39, 0.29) is 12.5 Å². The van der Waals surface area contributed by atoms with E-state index < -0.39 is 0 Å². The van der Waals surface area contributed by atoms with Crippen molar-refractivity contribution in [2.24, 2.45) is 5.73 Å². The molecule has 1 aromatic heterocycles. The van der Waals surface area contributed by atoms with Gasteiger partial charge in [-0.3, -0.25) is 4.79 Å². The van der Waals surface area contributed by atoms with Crippen molar-refractivity contribution < 1.29 is 9.53 Å². The highest BCUT2D eigenvalue weighted by Crippen LogP contribution is 2.10. The van der Waals surface area contributed by atoms with Gasteiger partial charge in [-0.2, -0.15) is 0 Å². The Balaban J connectivity index is 1.86. The highest BCUT2D eigenvalue weighted by atomic mass is 16.5. The zero-order valence-corrected chi connectivity index (χ0v) is 9.13. The Morgan fingerprint density at radius 1 is 1.56 bits per heavy atom. The molecule has 2 heterocycles. The smallest absolute Gasteiger partial charge is 0.249 e. The number of ether oxygens (including phenoxy) is 1. The van der Waals surface area contributed by atoms with Crippen molar-refractivity contribution in [2.75, 3.05) is 26.3 Å². The highest BCUT2D eigenvalue weighted by Gasteiger charge is 2.20. The first-order chi connectivity index (χ1) is 7.81. The molecule has 1 amide bonds. The van der Waals surface area contributed by atoms with Crippen molar-refractivity contribution >= 4 is 5.91 Å². The molecule has 88 valence electrons. The van der Waals surface area contributed by atoms with Crippen LogP contribution in [0.3, 0.4) is 0 Å². The normalized spacial score (nSPS) is 14.9. The molecule has 0 spiro atoms. The number of amides is 1. The number of nitrogens with two attached hydrogens (primary N) is 1. The summed E-state index contributed by atoms with van der Waals surface area (Å²) in [6, 6.07) is 0. The fraction of sp³-hybridized carbons (Fsp3) is 0.600. The highest BCUT2D eigenvalue weighted by molar-refractivity contribution is 5.77. The van der Waals surface area contributed by atoms with Gasteiger partial charge in [-0.05, 0) is 0 Å². The van der Waals surface area contributed by atoms with Crippen molar-refractivity contribution in [3.05, 3.63) is 18.2 Å². The lowest BCUT2D eigenvalue weighted by molar-refractivity contribution is -0.137. The van der Waals surface area contributed by atoms with E-state index >= 15 is 0 Å². The number of hydrogen-bond donors (Lipinski definition) is 1. The minimum absolute atomic E-state index is 0.00250. The number of carbonyl (C=O) groups excluding carboxylic acids is 1. The van der Waals surface area contributed by atoms with Gasteiger partial charge in [0, 0.05) is 32.0 Å². The molecule has 0 fully saturated rings. The maximum absolute atomic E-state index is 11.7. The maximum Gasteiger partial charge on any atom is 0.249 e. The van der Waals surface area contributed by atoms with Crippen LogP contribution in [0.5, 0.6) is 0 Å². The molecule has 0 saturated carbocycles. The number of nitrogens with zero attached hydrogens (tertiary/aromatic N) is 3. The Labute approximate surface area is 94.0 Å². The van der Waals surface area contributed by atoms with Crippen LogP contribution in [0.2, 0.25) is 0 Å². The number of hydrogen-bond acceptors (Lipinski definition) is 4. The van der Waals surface area contributed by atoms with Crippen molar-refractivity contribution in [3.63, 3.8) is 0 Å². The molecule has 0 aromatic carbocycles. The monoisotopic (exact) mass is 224 g/mol. The van der Waals surface area contributed by atoms with Gasteiger partial charge in [0.1, 0.15) is 12.4 Å². The quantitative estimate of drug-likeness (QED) is 0.680. The lowest BCUT2D eigenvalue weighted by atomic mass is 10.3. The van der Waals surface area contributed by atoms with Crippen LogP contribution in [0.25, 0.3) is 0 Å². The molecule has 1 aliphatic heterocycles. The summed E-state index contributed by atoms with van der Waals surface area (Å²) < 4.78 is 7.18. The molecule has 0 radical (unpaired) electrons. The van der Waals surface area contributed by atoms with E-state index in [0.29, 0.717) is 26.2 Å². The first kappa shape index (κ1) is 11.1. The SMILES string of the molecule is NCCOCC(=O)N1CCn2ccnc2C1. The standard InChI is InChI=1S/C10H16N4O2/c11-1-6-16-8-10(15)14-5-4-13-3-2-12-9(13)7-14/h2-3H,1,4-8,11H2. The zero-order chi connectivity index (χ0) is 11.4. The second kappa shape index (κ2) is 5.09. The summed E-state index contributed by atoms with van der Waals surface area (Å²) in [5.41, 5.74) is 5.28. The molecule has 0 unspecified atom stereocenters. The molecule has 0 bridgehead atoms. The van der Waals surface area contributed by atoms with E-state index in [2.05, 4.69) is 9.55 Å². The Bertz CT molecular complexity index is 363. The number of fused-ring (bicyclic) bond motifs is 1. The number of aromatic nitrogens is 2. The molecular formula is C10H16N4O2. The molecule has 2 N–H and O–H groups in total. The predicted molar refractivity (Wildman–Crippen MR) is 57.5 cm³/mol. The zero-order valence-electron chi connectivity index (χ0n) is 9.13. The van der Waals surface area contributed by atoms with E-state index in [0.717, 1.165) is 12.4 Å². The van der Waals surface area contributed by atoms with Crippen LogP contribution in [0.1, 0.15) is 5.82 Å². The molecule has 0 aliphatic carbocycles. The molecule has 6 heteroatoms. The molecule has 0 atom stereocenters. The van der Waals surface area contributed by atoms with Gasteiger partial charge in [0.25, 0.3) is 0 Å². The lowest BCUT2D eigenvalue weighted by Gasteiger charge is -2.27. The Kier molecular flexibility index (Phi) is 3.53. The van der Waals surface area contributed by atoms with Gasteiger partial charge in [0.05, 0.1) is 13.2 Å². The van der Waals surface area contributed by atoms with Gasteiger partial charge in [-0.25, -0.2) is 4.98 Å². The first-order valence-corrected chi connectivity index (χ1v) is 5.37. The van der Waals surface area contributed by atoms with E-state index in [1.807, 2.05) is 6.20 Å². The van der Waals surface area contributed by atoms with Crippen LogP contribution in [-0.4, -0.2) is 46.7 Å². The van der Waals surface area contributed by atoms with Gasteiger partial charge < -0.3 is 19.9 Å². The minimum Gasteiger partial charge on any atom is -0.370 e. The Morgan fingerprint density at radius 3 is 3.25 bits per heavy atom. The summed E-state index contributed by atoms with van der Waals surface area (Å²) in [5, 5.41) is 0. The maximum atomic E-state index is 11.7. The van der Waals surface area contributed by atoms with Crippen LogP contribution in [-0.2, 0) is 22.6 Å². The third kappa shape index (κ3) is 2.40. The van der Waals surface area contributed by atoms with Gasteiger partial charge in [0.2, 0.25) is 5.91 Å². The van der Waals surface area contributed by atoms with E-state index in [9.17, 15) is 4.79 Å². The van der Waals surface area contributed by atoms with Crippen LogP contribution in [0.4, 0.5) is 0 Å². The third-order valence-electron chi connectivity index (χ3n) is 2.59. The lowest BCUT2D eigenvalue weighted by Crippen LogP contribution is -2.40. The van der Waals surface area contributed by atoms with Crippen LogP contribution in [0, 0.1) is 0 Å². The average Bonchev–Trinajstić information content (AvgIpc) is 2.76. The first-order valence-electron chi connectivity index (χ1n) is 5.37. The second-order valence-electron chi connectivity index (χ2n) is 3.69. The predicted octanol–water partition coefficient (Wildman–Crippen LogP) is -0.799. The largest absolute Gasteiger partial charge is 0.370 e. The summed E-state index contributed by atoms with van der Waals surface area (Å²) in [6.07, 6.45) is 3.69. The van der Waals surface area contributed by atoms with Crippen LogP contribution in [0.15, 0.2) is 12.4 Å². The Hall–Kier alpha value is -1.40.